The summed E-state index contributed by atoms with van der Waals surface area (Å²) in [5.41, 5.74) is 1.14. The molecule has 0 aliphatic heterocycles. The number of nitrogens with one attached hydrogen (secondary N) is 1. The maximum atomic E-state index is 11.4. The third-order valence-electron chi connectivity index (χ3n) is 2.31. The van der Waals surface area contributed by atoms with E-state index in [0.717, 1.165) is 12.0 Å². The molecule has 0 atom stereocenters. The van der Waals surface area contributed by atoms with Crippen LogP contribution in [-0.2, 0) is 20.7 Å². The van der Waals surface area contributed by atoms with Crippen LogP contribution in [0.5, 0.6) is 0 Å². The minimum absolute atomic E-state index is 0.0734. The predicted octanol–water partition coefficient (Wildman–Crippen LogP) is 1.66. The third kappa shape index (κ3) is 6.59. The van der Waals surface area contributed by atoms with Crippen LogP contribution in [0.4, 0.5) is 0 Å². The lowest BCUT2D eigenvalue weighted by Gasteiger charge is -2.06. The number of carbonyl (C=O) groups excluding carboxylic acids is 1. The van der Waals surface area contributed by atoms with Crippen molar-refractivity contribution < 1.29 is 14.3 Å². The molecule has 0 radical (unpaired) electrons. The van der Waals surface area contributed by atoms with E-state index in [9.17, 15) is 4.79 Å². The molecule has 0 spiro atoms. The highest BCUT2D eigenvalue weighted by atomic mass is 35.5. The number of benzene rings is 1. The van der Waals surface area contributed by atoms with Crippen LogP contribution in [0.3, 0.4) is 0 Å². The van der Waals surface area contributed by atoms with Gasteiger partial charge in [0.15, 0.2) is 0 Å². The maximum Gasteiger partial charge on any atom is 0.246 e. The Bertz CT molecular complexity index is 354. The largest absolute Gasteiger partial charge is 0.382 e. The zero-order chi connectivity index (χ0) is 13.2. The molecule has 0 aliphatic rings. The molecule has 0 unspecified atom stereocenters. The summed E-state index contributed by atoms with van der Waals surface area (Å²) in [6.07, 6.45) is 0.779. The van der Waals surface area contributed by atoms with Gasteiger partial charge < -0.3 is 14.8 Å². The van der Waals surface area contributed by atoms with Crippen molar-refractivity contribution >= 4 is 17.5 Å². The smallest absolute Gasteiger partial charge is 0.246 e. The summed E-state index contributed by atoms with van der Waals surface area (Å²) in [4.78, 5) is 11.4. The van der Waals surface area contributed by atoms with E-state index in [-0.39, 0.29) is 12.5 Å². The van der Waals surface area contributed by atoms with Crippen molar-refractivity contribution in [2.24, 2.45) is 0 Å². The van der Waals surface area contributed by atoms with Crippen molar-refractivity contribution in [2.45, 2.75) is 6.42 Å². The highest BCUT2D eigenvalue weighted by Crippen LogP contribution is 2.09. The zero-order valence-corrected chi connectivity index (χ0v) is 11.2. The number of hydrogen-bond acceptors (Lipinski definition) is 3. The lowest BCUT2D eigenvalue weighted by atomic mass is 10.1. The van der Waals surface area contributed by atoms with E-state index in [2.05, 4.69) is 5.32 Å². The summed E-state index contributed by atoms with van der Waals surface area (Å²) in [6, 6.07) is 7.58. The molecule has 4 nitrogen and oxygen atoms in total. The number of rotatable bonds is 8. The average molecular weight is 272 g/mol. The van der Waals surface area contributed by atoms with Crippen molar-refractivity contribution in [1.29, 1.82) is 0 Å². The molecule has 0 saturated heterocycles. The van der Waals surface area contributed by atoms with Crippen molar-refractivity contribution in [3.05, 3.63) is 34.9 Å². The van der Waals surface area contributed by atoms with Gasteiger partial charge in [-0.2, -0.15) is 0 Å². The number of hydrogen-bond donors (Lipinski definition) is 1. The summed E-state index contributed by atoms with van der Waals surface area (Å²) in [5, 5.41) is 3.50. The van der Waals surface area contributed by atoms with E-state index in [1.807, 2.05) is 24.3 Å². The molecule has 0 saturated carbocycles. The molecular formula is C13H18ClNO3. The summed E-state index contributed by atoms with van der Waals surface area (Å²) in [7, 11) is 1.59. The Morgan fingerprint density at radius 3 is 2.67 bits per heavy atom. The molecule has 0 aromatic heterocycles. The van der Waals surface area contributed by atoms with Gasteiger partial charge in [-0.15, -0.1) is 0 Å². The molecular weight excluding hydrogens is 254 g/mol. The van der Waals surface area contributed by atoms with Crippen molar-refractivity contribution in [1.82, 2.24) is 5.32 Å². The summed E-state index contributed by atoms with van der Waals surface area (Å²) in [6.45, 7) is 1.59. The quantitative estimate of drug-likeness (QED) is 0.732. The first kappa shape index (κ1) is 15.0. The summed E-state index contributed by atoms with van der Waals surface area (Å²) < 4.78 is 9.90. The fourth-order valence-electron chi connectivity index (χ4n) is 1.36. The van der Waals surface area contributed by atoms with Crippen LogP contribution >= 0.6 is 11.6 Å². The van der Waals surface area contributed by atoms with Gasteiger partial charge in [0.25, 0.3) is 0 Å². The molecule has 0 fully saturated rings. The van der Waals surface area contributed by atoms with Crippen molar-refractivity contribution in [2.75, 3.05) is 33.5 Å². The van der Waals surface area contributed by atoms with Gasteiger partial charge in [-0.1, -0.05) is 23.7 Å². The van der Waals surface area contributed by atoms with Crippen LogP contribution in [-0.4, -0.2) is 39.4 Å². The lowest BCUT2D eigenvalue weighted by Crippen LogP contribution is -2.29. The third-order valence-corrected chi connectivity index (χ3v) is 2.57. The van der Waals surface area contributed by atoms with Gasteiger partial charge in [-0.3, -0.25) is 4.79 Å². The Balaban J connectivity index is 2.10. The summed E-state index contributed by atoms with van der Waals surface area (Å²) in [5.74, 6) is -0.111. The number of halogens is 1. The van der Waals surface area contributed by atoms with Crippen LogP contribution in [0.2, 0.25) is 5.02 Å². The van der Waals surface area contributed by atoms with Crippen LogP contribution in [0.25, 0.3) is 0 Å². The minimum Gasteiger partial charge on any atom is -0.382 e. The molecule has 1 rings (SSSR count). The van der Waals surface area contributed by atoms with Gasteiger partial charge in [0.2, 0.25) is 5.91 Å². The normalized spacial score (nSPS) is 10.3. The van der Waals surface area contributed by atoms with Crippen LogP contribution < -0.4 is 5.32 Å². The Hall–Kier alpha value is -1.10. The average Bonchev–Trinajstić information content (AvgIpc) is 2.37. The molecule has 0 bridgehead atoms. The molecule has 18 heavy (non-hydrogen) atoms. The molecule has 100 valence electrons. The van der Waals surface area contributed by atoms with E-state index in [4.69, 9.17) is 21.1 Å². The van der Waals surface area contributed by atoms with Gasteiger partial charge in [0.05, 0.1) is 13.2 Å². The first-order chi connectivity index (χ1) is 8.72. The first-order valence-electron chi connectivity index (χ1n) is 5.80. The number of methoxy groups -OCH3 is 1. The van der Waals surface area contributed by atoms with Gasteiger partial charge in [-0.05, 0) is 24.1 Å². The Kier molecular flexibility index (Phi) is 7.41. The highest BCUT2D eigenvalue weighted by Gasteiger charge is 2.00. The number of ether oxygens (including phenoxy) is 2. The lowest BCUT2D eigenvalue weighted by molar-refractivity contribution is -0.126. The van der Waals surface area contributed by atoms with Gasteiger partial charge >= 0.3 is 0 Å². The SMILES string of the molecule is COCCOCC(=O)NCCc1ccc(Cl)cc1. The fraction of sp³-hybridized carbons (Fsp3) is 0.462. The fourth-order valence-corrected chi connectivity index (χ4v) is 1.48. The predicted molar refractivity (Wildman–Crippen MR) is 70.9 cm³/mol. The van der Waals surface area contributed by atoms with Crippen LogP contribution in [0, 0.1) is 0 Å². The van der Waals surface area contributed by atoms with Crippen LogP contribution in [0.1, 0.15) is 5.56 Å². The monoisotopic (exact) mass is 271 g/mol. The van der Waals surface area contributed by atoms with E-state index in [0.29, 0.717) is 24.8 Å². The van der Waals surface area contributed by atoms with E-state index in [1.54, 1.807) is 7.11 Å². The van der Waals surface area contributed by atoms with Crippen molar-refractivity contribution in [3.8, 4) is 0 Å². The Morgan fingerprint density at radius 2 is 2.00 bits per heavy atom. The molecule has 1 aromatic carbocycles. The number of carbonyl (C=O) groups is 1. The first-order valence-corrected chi connectivity index (χ1v) is 6.18. The van der Waals surface area contributed by atoms with Crippen molar-refractivity contribution in [3.63, 3.8) is 0 Å². The molecule has 0 aliphatic carbocycles. The molecule has 0 heterocycles. The van der Waals surface area contributed by atoms with Crippen LogP contribution in [0.15, 0.2) is 24.3 Å². The second-order valence-corrected chi connectivity index (χ2v) is 4.21. The standard InChI is InChI=1S/C13H18ClNO3/c1-17-8-9-18-10-13(16)15-7-6-11-2-4-12(14)5-3-11/h2-5H,6-10H2,1H3,(H,15,16). The summed E-state index contributed by atoms with van der Waals surface area (Å²) >= 11 is 5.78. The van der Waals surface area contributed by atoms with E-state index >= 15 is 0 Å². The second-order valence-electron chi connectivity index (χ2n) is 3.77. The Morgan fingerprint density at radius 1 is 1.28 bits per heavy atom. The number of amides is 1. The second kappa shape index (κ2) is 8.91. The maximum absolute atomic E-state index is 11.4. The molecule has 1 N–H and O–H groups in total. The van der Waals surface area contributed by atoms with E-state index in [1.165, 1.54) is 0 Å². The van der Waals surface area contributed by atoms with Gasteiger partial charge in [-0.25, -0.2) is 0 Å². The minimum atomic E-state index is -0.111. The van der Waals surface area contributed by atoms with Gasteiger partial charge in [0.1, 0.15) is 6.61 Å². The zero-order valence-electron chi connectivity index (χ0n) is 10.4. The molecule has 1 aromatic rings. The van der Waals surface area contributed by atoms with Gasteiger partial charge in [0, 0.05) is 18.7 Å². The highest BCUT2D eigenvalue weighted by molar-refractivity contribution is 6.30. The topological polar surface area (TPSA) is 47.6 Å². The Labute approximate surface area is 112 Å². The molecule has 1 amide bonds. The molecule has 5 heteroatoms. The van der Waals surface area contributed by atoms with E-state index < -0.39 is 0 Å².